The van der Waals surface area contributed by atoms with Crippen molar-refractivity contribution in [3.8, 4) is 0 Å². The highest BCUT2D eigenvalue weighted by Crippen LogP contribution is 2.03. The summed E-state index contributed by atoms with van der Waals surface area (Å²) in [5.41, 5.74) is 0.649. The highest BCUT2D eigenvalue weighted by Gasteiger charge is 2.09. The maximum atomic E-state index is 13.0. The van der Waals surface area contributed by atoms with E-state index in [0.29, 0.717) is 5.56 Å². The van der Waals surface area contributed by atoms with Crippen LogP contribution in [0, 0.1) is 5.82 Å². The Hall–Kier alpha value is -2.97. The first kappa shape index (κ1) is 16.4. The van der Waals surface area contributed by atoms with E-state index in [-0.39, 0.29) is 37.2 Å². The summed E-state index contributed by atoms with van der Waals surface area (Å²) in [6.45, 7) is 1.99. The van der Waals surface area contributed by atoms with Crippen LogP contribution in [0.15, 0.2) is 30.5 Å². The molecule has 2 aromatic rings. The van der Waals surface area contributed by atoms with E-state index in [4.69, 9.17) is 4.74 Å². The molecule has 0 radical (unpaired) electrons. The minimum absolute atomic E-state index is 0.125. The quantitative estimate of drug-likeness (QED) is 0.836. The smallest absolute Gasteiger partial charge is 0.412 e. The van der Waals surface area contributed by atoms with E-state index in [1.165, 1.54) is 18.3 Å². The topological polar surface area (TPSA) is 98.1 Å². The molecule has 0 atom stereocenters. The van der Waals surface area contributed by atoms with Crippen LogP contribution in [0.2, 0.25) is 0 Å². The summed E-state index contributed by atoms with van der Waals surface area (Å²) in [6, 6.07) is 5.95. The molecule has 0 aliphatic rings. The Labute approximate surface area is 131 Å². The van der Waals surface area contributed by atoms with Crippen molar-refractivity contribution >= 4 is 17.8 Å². The Morgan fingerprint density at radius 2 is 2.22 bits per heavy atom. The van der Waals surface area contributed by atoms with Crippen LogP contribution in [0.3, 0.4) is 0 Å². The second-order valence-corrected chi connectivity index (χ2v) is 4.51. The fraction of sp³-hybridized carbons (Fsp3) is 0.286. The predicted molar refractivity (Wildman–Crippen MR) is 78.9 cm³/mol. The lowest BCUT2D eigenvalue weighted by Crippen LogP contribution is -2.28. The summed E-state index contributed by atoms with van der Waals surface area (Å²) < 4.78 is 17.7. The van der Waals surface area contributed by atoms with Gasteiger partial charge < -0.3 is 10.1 Å². The fourth-order valence-corrected chi connectivity index (χ4v) is 1.73. The number of carbonyl (C=O) groups excluding carboxylic acids is 2. The standard InChI is InChI=1S/C14H16FN5O3/c1-2-23-14(22)18-12-8-17-20(19-12)9-13(21)16-7-10-4-3-5-11(15)6-10/h3-6,8H,2,7,9H2,1H3,(H,16,21)(H,18,19,22). The monoisotopic (exact) mass is 321 g/mol. The number of halogens is 1. The van der Waals surface area contributed by atoms with Crippen LogP contribution in [-0.2, 0) is 22.6 Å². The minimum Gasteiger partial charge on any atom is -0.450 e. The van der Waals surface area contributed by atoms with Gasteiger partial charge in [0, 0.05) is 6.54 Å². The van der Waals surface area contributed by atoms with E-state index in [1.807, 2.05) is 0 Å². The molecule has 122 valence electrons. The van der Waals surface area contributed by atoms with E-state index in [0.717, 1.165) is 4.80 Å². The fourth-order valence-electron chi connectivity index (χ4n) is 1.73. The number of hydrogen-bond acceptors (Lipinski definition) is 5. The maximum absolute atomic E-state index is 13.0. The van der Waals surface area contributed by atoms with E-state index in [2.05, 4.69) is 20.8 Å². The molecule has 0 aliphatic heterocycles. The summed E-state index contributed by atoms with van der Waals surface area (Å²) in [7, 11) is 0. The molecular formula is C14H16FN5O3. The average Bonchev–Trinajstić information content (AvgIpc) is 2.92. The molecule has 23 heavy (non-hydrogen) atoms. The number of hydrogen-bond donors (Lipinski definition) is 2. The van der Waals surface area contributed by atoms with Crippen molar-refractivity contribution in [3.05, 3.63) is 41.8 Å². The molecule has 1 heterocycles. The lowest BCUT2D eigenvalue weighted by molar-refractivity contribution is -0.122. The molecule has 0 fully saturated rings. The maximum Gasteiger partial charge on any atom is 0.412 e. The van der Waals surface area contributed by atoms with Gasteiger partial charge in [-0.15, -0.1) is 5.10 Å². The molecule has 1 aromatic heterocycles. The lowest BCUT2D eigenvalue weighted by Gasteiger charge is -2.05. The van der Waals surface area contributed by atoms with Crippen molar-refractivity contribution in [2.75, 3.05) is 11.9 Å². The second kappa shape index (κ2) is 7.87. The van der Waals surface area contributed by atoms with Gasteiger partial charge in [-0.25, -0.2) is 9.18 Å². The van der Waals surface area contributed by atoms with Crippen LogP contribution >= 0.6 is 0 Å². The van der Waals surface area contributed by atoms with Crippen LogP contribution in [0.4, 0.5) is 15.0 Å². The number of nitrogens with zero attached hydrogens (tertiary/aromatic N) is 3. The highest BCUT2D eigenvalue weighted by atomic mass is 19.1. The van der Waals surface area contributed by atoms with Gasteiger partial charge in [0.1, 0.15) is 12.4 Å². The average molecular weight is 321 g/mol. The first-order valence-electron chi connectivity index (χ1n) is 6.92. The molecule has 0 aliphatic carbocycles. The molecule has 1 aromatic carbocycles. The molecule has 9 heteroatoms. The zero-order chi connectivity index (χ0) is 16.7. The first-order valence-corrected chi connectivity index (χ1v) is 6.92. The number of carbonyl (C=O) groups is 2. The predicted octanol–water partition coefficient (Wildman–Crippen LogP) is 1.30. The third-order valence-corrected chi connectivity index (χ3v) is 2.71. The molecule has 2 amide bonds. The number of aromatic nitrogens is 3. The number of nitrogens with one attached hydrogen (secondary N) is 2. The van der Waals surface area contributed by atoms with Gasteiger partial charge in [0.05, 0.1) is 12.8 Å². The molecule has 0 spiro atoms. The number of amides is 2. The van der Waals surface area contributed by atoms with Gasteiger partial charge in [0.15, 0.2) is 5.82 Å². The summed E-state index contributed by atoms with van der Waals surface area (Å²) in [5, 5.41) is 12.8. The van der Waals surface area contributed by atoms with Gasteiger partial charge in [-0.05, 0) is 24.6 Å². The largest absolute Gasteiger partial charge is 0.450 e. The highest BCUT2D eigenvalue weighted by molar-refractivity contribution is 5.83. The van der Waals surface area contributed by atoms with E-state index >= 15 is 0 Å². The molecule has 0 bridgehead atoms. The lowest BCUT2D eigenvalue weighted by atomic mass is 10.2. The second-order valence-electron chi connectivity index (χ2n) is 4.51. The van der Waals surface area contributed by atoms with Gasteiger partial charge >= 0.3 is 6.09 Å². The summed E-state index contributed by atoms with van der Waals surface area (Å²) in [6.07, 6.45) is 0.659. The van der Waals surface area contributed by atoms with Crippen molar-refractivity contribution in [2.45, 2.75) is 20.0 Å². The van der Waals surface area contributed by atoms with Gasteiger partial charge in [-0.2, -0.15) is 9.90 Å². The van der Waals surface area contributed by atoms with Gasteiger partial charge in [0.25, 0.3) is 0 Å². The summed E-state index contributed by atoms with van der Waals surface area (Å²) in [5.74, 6) is -0.519. The van der Waals surface area contributed by atoms with Crippen LogP contribution in [0.1, 0.15) is 12.5 Å². The zero-order valence-corrected chi connectivity index (χ0v) is 12.5. The third-order valence-electron chi connectivity index (χ3n) is 2.71. The van der Waals surface area contributed by atoms with Crippen LogP contribution in [0.25, 0.3) is 0 Å². The Morgan fingerprint density at radius 3 is 2.96 bits per heavy atom. The molecular weight excluding hydrogens is 305 g/mol. The van der Waals surface area contributed by atoms with Gasteiger partial charge in [-0.1, -0.05) is 12.1 Å². The zero-order valence-electron chi connectivity index (χ0n) is 12.5. The van der Waals surface area contributed by atoms with Crippen molar-refractivity contribution in [1.82, 2.24) is 20.3 Å². The summed E-state index contributed by atoms with van der Waals surface area (Å²) >= 11 is 0. The number of rotatable bonds is 6. The van der Waals surface area contributed by atoms with Crippen molar-refractivity contribution in [1.29, 1.82) is 0 Å². The SMILES string of the molecule is CCOC(=O)Nc1cnn(CC(=O)NCc2cccc(F)c2)n1. The van der Waals surface area contributed by atoms with Crippen LogP contribution in [0.5, 0.6) is 0 Å². The Bertz CT molecular complexity index is 689. The minimum atomic E-state index is -0.643. The first-order chi connectivity index (χ1) is 11.1. The molecule has 0 saturated heterocycles. The molecule has 0 unspecified atom stereocenters. The Balaban J connectivity index is 1.81. The van der Waals surface area contributed by atoms with Crippen molar-refractivity contribution in [3.63, 3.8) is 0 Å². The van der Waals surface area contributed by atoms with Crippen LogP contribution in [-0.4, -0.2) is 33.6 Å². The van der Waals surface area contributed by atoms with Gasteiger partial charge in [0.2, 0.25) is 5.91 Å². The van der Waals surface area contributed by atoms with Crippen LogP contribution < -0.4 is 10.6 Å². The number of anilines is 1. The third kappa shape index (κ3) is 5.38. The summed E-state index contributed by atoms with van der Waals surface area (Å²) in [4.78, 5) is 24.1. The van der Waals surface area contributed by atoms with Crippen molar-refractivity contribution < 1.29 is 18.7 Å². The Kier molecular flexibility index (Phi) is 5.61. The number of benzene rings is 1. The molecule has 0 saturated carbocycles. The van der Waals surface area contributed by atoms with Crippen molar-refractivity contribution in [2.24, 2.45) is 0 Å². The normalized spacial score (nSPS) is 10.2. The molecule has 8 nitrogen and oxygen atoms in total. The number of ether oxygens (including phenoxy) is 1. The van der Waals surface area contributed by atoms with E-state index in [9.17, 15) is 14.0 Å². The van der Waals surface area contributed by atoms with E-state index < -0.39 is 6.09 Å². The molecule has 2 rings (SSSR count). The van der Waals surface area contributed by atoms with E-state index in [1.54, 1.807) is 19.1 Å². The van der Waals surface area contributed by atoms with Gasteiger partial charge in [-0.3, -0.25) is 10.1 Å². The Morgan fingerprint density at radius 1 is 1.39 bits per heavy atom. The molecule has 2 N–H and O–H groups in total.